The average molecular weight is 450 g/mol. The number of fused-ring (bicyclic) bond motifs is 1. The molecule has 3 rings (SSSR count). The predicted octanol–water partition coefficient (Wildman–Crippen LogP) is 1.51. The molecule has 0 unspecified atom stereocenters. The van der Waals surface area contributed by atoms with E-state index in [0.717, 1.165) is 6.20 Å². The first-order chi connectivity index (χ1) is 13.7. The van der Waals surface area contributed by atoms with Crippen LogP contribution in [0.5, 0.6) is 0 Å². The second-order valence-corrected chi connectivity index (χ2v) is 9.13. The van der Waals surface area contributed by atoms with Gasteiger partial charge in [-0.15, -0.1) is 8.81 Å². The highest BCUT2D eigenvalue weighted by Crippen LogP contribution is 2.32. The van der Waals surface area contributed by atoms with Gasteiger partial charge in [-0.25, -0.2) is 17.2 Å². The molecule has 0 amide bonds. The maximum absolute atomic E-state index is 13.8. The van der Waals surface area contributed by atoms with Gasteiger partial charge in [-0.3, -0.25) is 4.98 Å². The fourth-order valence-electron chi connectivity index (χ4n) is 3.12. The first-order valence-corrected chi connectivity index (χ1v) is 10.3. The van der Waals surface area contributed by atoms with Gasteiger partial charge in [-0.05, 0) is 12.1 Å². The van der Waals surface area contributed by atoms with Crippen LogP contribution in [0.4, 0.5) is 22.0 Å². The van der Waals surface area contributed by atoms with Gasteiger partial charge in [0, 0.05) is 13.1 Å². The van der Waals surface area contributed by atoms with Crippen molar-refractivity contribution in [3.8, 4) is 0 Å². The number of aryl methyl sites for hydroxylation is 1. The molecule has 1 aliphatic heterocycles. The molecule has 2 N–H and O–H groups in total. The smallest absolute Gasteiger partial charge is 0.353 e. The van der Waals surface area contributed by atoms with Gasteiger partial charge in [0.05, 0.1) is 21.8 Å². The molecule has 1 aliphatic rings. The molecule has 12 heteroatoms. The minimum atomic E-state index is -4.76. The number of H-pyrrole nitrogens is 1. The monoisotopic (exact) mass is 450 g/mol. The lowest BCUT2D eigenvalue weighted by atomic mass is 10.1. The van der Waals surface area contributed by atoms with E-state index in [2.05, 4.69) is 17.0 Å². The third kappa shape index (κ3) is 3.71. The molecule has 0 atom stereocenters. The number of aromatic amines is 1. The number of hydrogen-bond acceptors (Lipinski definition) is 3. The van der Waals surface area contributed by atoms with E-state index in [1.54, 1.807) is 0 Å². The number of pyridine rings is 1. The Labute approximate surface area is 168 Å². The number of sulfone groups is 1. The molecular weight excluding hydrogens is 431 g/mol. The molecule has 0 aromatic carbocycles. The molecule has 6 nitrogen and oxygen atoms in total. The van der Waals surface area contributed by atoms with Crippen molar-refractivity contribution in [1.82, 2.24) is 10.3 Å². The quantitative estimate of drug-likeness (QED) is 0.550. The van der Waals surface area contributed by atoms with Crippen LogP contribution in [-0.2, 0) is 22.8 Å². The number of dihydropyridines is 1. The Morgan fingerprint density at radius 1 is 1.20 bits per heavy atom. The zero-order chi connectivity index (χ0) is 22.6. The van der Waals surface area contributed by atoms with E-state index in [1.165, 1.54) is 28.8 Å². The topological polar surface area (TPSA) is 71.7 Å². The summed E-state index contributed by atoms with van der Waals surface area (Å²) in [6, 6.07) is 1.18. The van der Waals surface area contributed by atoms with Crippen LogP contribution in [0.2, 0.25) is 0 Å². The molecule has 0 spiro atoms. The number of halogens is 5. The second kappa shape index (κ2) is 6.89. The van der Waals surface area contributed by atoms with E-state index in [-0.39, 0.29) is 22.3 Å². The number of alkyl halides is 5. The molecule has 0 bridgehead atoms. The molecule has 162 valence electrons. The molecule has 30 heavy (non-hydrogen) atoms. The van der Waals surface area contributed by atoms with Crippen molar-refractivity contribution in [2.75, 3.05) is 5.75 Å². The van der Waals surface area contributed by atoms with E-state index in [1.807, 2.05) is 0 Å². The van der Waals surface area contributed by atoms with Crippen LogP contribution < -0.4 is 19.6 Å². The van der Waals surface area contributed by atoms with Gasteiger partial charge in [-0.1, -0.05) is 6.92 Å². The number of rotatable bonds is 3. The Kier molecular flexibility index (Phi) is 5.04. The fraction of sp³-hybridized carbons (Fsp3) is 0.333. The highest BCUT2D eigenvalue weighted by atomic mass is 32.2. The van der Waals surface area contributed by atoms with Gasteiger partial charge < -0.3 is 5.32 Å². The molecule has 0 aliphatic carbocycles. The van der Waals surface area contributed by atoms with Crippen molar-refractivity contribution < 1.29 is 39.2 Å². The van der Waals surface area contributed by atoms with Gasteiger partial charge >= 0.3 is 17.3 Å². The van der Waals surface area contributed by atoms with Crippen molar-refractivity contribution in [2.45, 2.75) is 25.9 Å². The van der Waals surface area contributed by atoms with Crippen LogP contribution in [-0.4, -0.2) is 25.3 Å². The first kappa shape index (κ1) is 21.9. The van der Waals surface area contributed by atoms with Crippen molar-refractivity contribution in [1.29, 1.82) is 0 Å². The maximum atomic E-state index is 13.8. The molecular formula is C18H19F5N4O2S+2. The summed E-state index contributed by atoms with van der Waals surface area (Å²) >= 11 is 0. The summed E-state index contributed by atoms with van der Waals surface area (Å²) in [5, 5.41) is 2.41. The largest absolute Gasteiger partial charge is 0.474 e. The summed E-state index contributed by atoms with van der Waals surface area (Å²) in [4.78, 5) is 2.26. The summed E-state index contributed by atoms with van der Waals surface area (Å²) in [5.41, 5.74) is -1.01. The number of nitrogens with one attached hydrogen (secondary N) is 2. The van der Waals surface area contributed by atoms with Crippen molar-refractivity contribution in [3.63, 3.8) is 0 Å². The summed E-state index contributed by atoms with van der Waals surface area (Å²) < 4.78 is 94.6. The minimum absolute atomic E-state index is 0.0831. The Morgan fingerprint density at radius 3 is 2.37 bits per heavy atom. The Balaban J connectivity index is 2.39. The Bertz CT molecular complexity index is 1320. The highest BCUT2D eigenvalue weighted by molar-refractivity contribution is 7.95. The van der Waals surface area contributed by atoms with Gasteiger partial charge in [0.25, 0.3) is 5.92 Å². The van der Waals surface area contributed by atoms with Crippen LogP contribution in [0, 0.1) is 6.72 Å². The highest BCUT2D eigenvalue weighted by Gasteiger charge is 2.38. The average Bonchev–Trinajstić information content (AvgIpc) is 2.96. The minimum Gasteiger partial charge on any atom is -0.353 e. The third-order valence-corrected chi connectivity index (χ3v) is 6.46. The molecule has 0 radical (unpaired) electrons. The van der Waals surface area contributed by atoms with Crippen molar-refractivity contribution in [2.24, 2.45) is 7.05 Å². The lowest BCUT2D eigenvalue weighted by Crippen LogP contribution is -2.51. The Morgan fingerprint density at radius 2 is 1.83 bits per heavy atom. The van der Waals surface area contributed by atoms with E-state index < -0.39 is 38.2 Å². The number of hydrogen-bond donors (Lipinski definition) is 2. The molecule has 2 aromatic heterocycles. The van der Waals surface area contributed by atoms with Crippen molar-refractivity contribution >= 4 is 26.7 Å². The van der Waals surface area contributed by atoms with Gasteiger partial charge in [0.2, 0.25) is 0 Å². The third-order valence-electron chi connectivity index (χ3n) is 4.71. The van der Waals surface area contributed by atoms with Gasteiger partial charge in [0.15, 0.2) is 21.6 Å². The molecule has 2 aromatic rings. The van der Waals surface area contributed by atoms with Gasteiger partial charge in [0.1, 0.15) is 19.5 Å². The molecule has 3 heterocycles. The molecule has 0 fully saturated rings. The summed E-state index contributed by atoms with van der Waals surface area (Å²) in [6.45, 7) is 5.72. The first-order valence-electron chi connectivity index (χ1n) is 8.69. The number of aromatic nitrogens is 3. The fourth-order valence-corrected chi connectivity index (χ4v) is 4.20. The Hall–Kier alpha value is -2.76. The normalized spacial score (nSPS) is 17.6. The number of imidazole rings is 1. The van der Waals surface area contributed by atoms with Crippen LogP contribution in [0.15, 0.2) is 35.0 Å². The van der Waals surface area contributed by atoms with Crippen molar-refractivity contribution in [3.05, 3.63) is 52.8 Å². The van der Waals surface area contributed by atoms with E-state index in [4.69, 9.17) is 0 Å². The molecule has 0 saturated carbocycles. The lowest BCUT2D eigenvalue weighted by molar-refractivity contribution is -0.709. The lowest BCUT2D eigenvalue weighted by Gasteiger charge is -2.18. The standard InChI is InChI=1S/C18H19F5N4O2S/c1-5-30(28,29)13-7-10(18(21,22)23)8-24-14(13)15-25-12-6-11(17(2,19)20)9-26(3)16(12)27(15)4/h6-9,24-25H,3,5H2,1-2,4H3/q+2. The van der Waals surface area contributed by atoms with Crippen LogP contribution >= 0.6 is 0 Å². The maximum Gasteiger partial charge on any atom is 0.474 e. The zero-order valence-corrected chi connectivity index (χ0v) is 17.0. The van der Waals surface area contributed by atoms with Gasteiger partial charge in [-0.2, -0.15) is 13.2 Å². The van der Waals surface area contributed by atoms with E-state index >= 15 is 0 Å². The summed E-state index contributed by atoms with van der Waals surface area (Å²) in [5.74, 6) is -3.59. The van der Waals surface area contributed by atoms with Crippen LogP contribution in [0.25, 0.3) is 16.9 Å². The zero-order valence-electron chi connectivity index (χ0n) is 16.2. The SMILES string of the molecule is C=[n+]1cc(C(C)(F)F)cc2[nH]c(=C3NC=C(C(F)(F)F)C=C3S(=O)(=O)CC)[n+](C)c21. The van der Waals surface area contributed by atoms with E-state index in [0.29, 0.717) is 24.8 Å². The van der Waals surface area contributed by atoms with E-state index in [9.17, 15) is 30.4 Å². The molecule has 0 saturated heterocycles. The number of nitrogens with zero attached hydrogens (tertiary/aromatic N) is 2. The number of allylic oxidation sites excluding steroid dienone is 2. The predicted molar refractivity (Wildman–Crippen MR) is 97.8 cm³/mol. The summed E-state index contributed by atoms with van der Waals surface area (Å²) in [6.07, 6.45) is -2.42. The second-order valence-electron chi connectivity index (χ2n) is 6.89. The van der Waals surface area contributed by atoms with Crippen LogP contribution in [0.1, 0.15) is 19.4 Å². The summed E-state index contributed by atoms with van der Waals surface area (Å²) in [7, 11) is -2.56. The van der Waals surface area contributed by atoms with Crippen LogP contribution in [0.3, 0.4) is 0 Å².